The maximum atomic E-state index is 4.32. The second-order valence-electron chi connectivity index (χ2n) is 2.88. The van der Waals surface area contributed by atoms with Crippen molar-refractivity contribution in [2.24, 2.45) is 0 Å². The molecule has 0 radical (unpaired) electrons. The zero-order valence-corrected chi connectivity index (χ0v) is 8.67. The zero-order chi connectivity index (χ0) is 8.39. The maximum absolute atomic E-state index is 4.32. The van der Waals surface area contributed by atoms with E-state index in [0.717, 1.165) is 6.54 Å². The molecule has 2 rings (SSSR count). The number of thioether (sulfide) groups is 1. The molecule has 0 spiro atoms. The van der Waals surface area contributed by atoms with Crippen LogP contribution in [0.5, 0.6) is 0 Å². The average molecular weight is 200 g/mol. The van der Waals surface area contributed by atoms with E-state index in [1.54, 1.807) is 11.8 Å². The van der Waals surface area contributed by atoms with Crippen LogP contribution in [0.2, 0.25) is 0 Å². The molecule has 4 heteroatoms. The van der Waals surface area contributed by atoms with Gasteiger partial charge in [0.05, 0.1) is 0 Å². The lowest BCUT2D eigenvalue weighted by Gasteiger charge is -2.04. The fourth-order valence-corrected chi connectivity index (χ4v) is 2.99. The monoisotopic (exact) mass is 200 g/mol. The quantitative estimate of drug-likeness (QED) is 0.741. The molecular weight excluding hydrogens is 188 g/mol. The van der Waals surface area contributed by atoms with E-state index in [2.05, 4.69) is 16.6 Å². The first kappa shape index (κ1) is 8.53. The summed E-state index contributed by atoms with van der Waals surface area (Å²) in [5.74, 6) is 0. The van der Waals surface area contributed by atoms with Crippen LogP contribution in [0.3, 0.4) is 0 Å². The molecule has 0 bridgehead atoms. The second kappa shape index (κ2) is 3.77. The van der Waals surface area contributed by atoms with Crippen molar-refractivity contribution in [3.05, 3.63) is 11.1 Å². The lowest BCUT2D eigenvalue weighted by atomic mass is 10.2. The third-order valence-corrected chi connectivity index (χ3v) is 4.19. The fourth-order valence-electron chi connectivity index (χ4n) is 1.45. The summed E-state index contributed by atoms with van der Waals surface area (Å²) in [6.07, 6.45) is 6.66. The van der Waals surface area contributed by atoms with E-state index in [1.165, 1.54) is 22.1 Å². The van der Waals surface area contributed by atoms with Crippen LogP contribution in [0.15, 0.2) is 10.5 Å². The van der Waals surface area contributed by atoms with Gasteiger partial charge in [-0.2, -0.15) is 0 Å². The van der Waals surface area contributed by atoms with Crippen LogP contribution in [0.4, 0.5) is 0 Å². The average Bonchev–Trinajstić information content (AvgIpc) is 2.75. The van der Waals surface area contributed by atoms with Gasteiger partial charge in [0, 0.05) is 17.1 Å². The molecule has 1 atom stereocenters. The van der Waals surface area contributed by atoms with Crippen LogP contribution in [-0.2, 0) is 0 Å². The van der Waals surface area contributed by atoms with E-state index in [9.17, 15) is 0 Å². The van der Waals surface area contributed by atoms with Crippen molar-refractivity contribution in [3.8, 4) is 0 Å². The Balaban J connectivity index is 2.11. The Bertz CT molecular complexity index is 253. The van der Waals surface area contributed by atoms with Gasteiger partial charge in [-0.1, -0.05) is 11.8 Å². The van der Waals surface area contributed by atoms with Gasteiger partial charge in [-0.3, -0.25) is 0 Å². The van der Waals surface area contributed by atoms with E-state index < -0.39 is 0 Å². The molecule has 0 aliphatic carbocycles. The second-order valence-corrected chi connectivity index (χ2v) is 5.00. The smallest absolute Gasteiger partial charge is 0.149 e. The summed E-state index contributed by atoms with van der Waals surface area (Å²) >= 11 is 3.55. The van der Waals surface area contributed by atoms with E-state index in [4.69, 9.17) is 0 Å². The van der Waals surface area contributed by atoms with Gasteiger partial charge in [-0.25, -0.2) is 4.98 Å². The number of hydrogen-bond acceptors (Lipinski definition) is 4. The molecule has 2 nitrogen and oxygen atoms in total. The Morgan fingerprint density at radius 2 is 2.67 bits per heavy atom. The predicted octanol–water partition coefficient (Wildman–Crippen LogP) is 2.29. The number of rotatable bonds is 2. The summed E-state index contributed by atoms with van der Waals surface area (Å²) < 4.78 is 1.18. The predicted molar refractivity (Wildman–Crippen MR) is 53.9 cm³/mol. The molecule has 1 saturated heterocycles. The third-order valence-electron chi connectivity index (χ3n) is 2.08. The number of thiazole rings is 1. The molecule has 1 aliphatic rings. The van der Waals surface area contributed by atoms with Crippen molar-refractivity contribution in [1.82, 2.24) is 10.3 Å². The van der Waals surface area contributed by atoms with Crippen LogP contribution >= 0.6 is 23.1 Å². The Labute approximate surface area is 80.8 Å². The minimum absolute atomic E-state index is 0.586. The lowest BCUT2D eigenvalue weighted by Crippen LogP contribution is -2.11. The van der Waals surface area contributed by atoms with E-state index >= 15 is 0 Å². The molecule has 66 valence electrons. The summed E-state index contributed by atoms with van der Waals surface area (Å²) in [7, 11) is 0. The van der Waals surface area contributed by atoms with Crippen LogP contribution in [0.1, 0.15) is 23.8 Å². The van der Waals surface area contributed by atoms with Gasteiger partial charge < -0.3 is 5.32 Å². The van der Waals surface area contributed by atoms with Gasteiger partial charge in [0.25, 0.3) is 0 Å². The van der Waals surface area contributed by atoms with E-state index in [1.807, 2.05) is 17.5 Å². The fraction of sp³-hybridized carbons (Fsp3) is 0.625. The summed E-state index contributed by atoms with van der Waals surface area (Å²) in [5, 5.41) is 3.47. The Morgan fingerprint density at radius 3 is 3.25 bits per heavy atom. The Morgan fingerprint density at radius 1 is 1.75 bits per heavy atom. The normalized spacial score (nSPS) is 23.2. The Kier molecular flexibility index (Phi) is 2.68. The van der Waals surface area contributed by atoms with Crippen molar-refractivity contribution in [2.45, 2.75) is 23.2 Å². The summed E-state index contributed by atoms with van der Waals surface area (Å²) in [6.45, 7) is 1.16. The van der Waals surface area contributed by atoms with Gasteiger partial charge in [-0.15, -0.1) is 11.3 Å². The van der Waals surface area contributed by atoms with Crippen LogP contribution in [0, 0.1) is 0 Å². The van der Waals surface area contributed by atoms with Gasteiger partial charge in [0.1, 0.15) is 4.34 Å². The van der Waals surface area contributed by atoms with Gasteiger partial charge in [0.2, 0.25) is 0 Å². The molecule has 1 aromatic heterocycles. The van der Waals surface area contributed by atoms with Crippen molar-refractivity contribution in [3.63, 3.8) is 0 Å². The van der Waals surface area contributed by atoms with Gasteiger partial charge in [-0.05, 0) is 25.6 Å². The first-order chi connectivity index (χ1) is 5.90. The Hall–Kier alpha value is -0.0600. The highest BCUT2D eigenvalue weighted by Crippen LogP contribution is 2.30. The number of aromatic nitrogens is 1. The number of nitrogens with zero attached hydrogens (tertiary/aromatic N) is 1. The van der Waals surface area contributed by atoms with E-state index in [-0.39, 0.29) is 0 Å². The largest absolute Gasteiger partial charge is 0.309 e. The highest BCUT2D eigenvalue weighted by Gasteiger charge is 2.18. The molecule has 0 amide bonds. The minimum Gasteiger partial charge on any atom is -0.309 e. The maximum Gasteiger partial charge on any atom is 0.149 e. The SMILES string of the molecule is CSc1ncc(C2CCCN2)s1. The van der Waals surface area contributed by atoms with Crippen molar-refractivity contribution in [1.29, 1.82) is 0 Å². The summed E-state index contributed by atoms with van der Waals surface area (Å²) in [5.41, 5.74) is 0. The molecule has 1 unspecified atom stereocenters. The highest BCUT2D eigenvalue weighted by atomic mass is 32.2. The minimum atomic E-state index is 0.586. The molecule has 1 N–H and O–H groups in total. The van der Waals surface area contributed by atoms with E-state index in [0.29, 0.717) is 6.04 Å². The molecule has 0 saturated carbocycles. The topological polar surface area (TPSA) is 24.9 Å². The lowest BCUT2D eigenvalue weighted by molar-refractivity contribution is 0.658. The van der Waals surface area contributed by atoms with Crippen molar-refractivity contribution in [2.75, 3.05) is 12.8 Å². The van der Waals surface area contributed by atoms with Crippen LogP contribution in [0.25, 0.3) is 0 Å². The molecule has 1 aliphatic heterocycles. The standard InChI is InChI=1S/C8H12N2S2/c1-11-8-10-5-7(12-8)6-3-2-4-9-6/h5-6,9H,2-4H2,1H3. The number of hydrogen-bond donors (Lipinski definition) is 1. The molecular formula is C8H12N2S2. The van der Waals surface area contributed by atoms with Crippen molar-refractivity contribution < 1.29 is 0 Å². The first-order valence-corrected chi connectivity index (χ1v) is 6.17. The summed E-state index contributed by atoms with van der Waals surface area (Å²) in [4.78, 5) is 5.72. The van der Waals surface area contributed by atoms with Crippen LogP contribution in [-0.4, -0.2) is 17.8 Å². The molecule has 0 aromatic carbocycles. The molecule has 12 heavy (non-hydrogen) atoms. The van der Waals surface area contributed by atoms with Gasteiger partial charge in [0.15, 0.2) is 0 Å². The molecule has 2 heterocycles. The number of nitrogens with one attached hydrogen (secondary N) is 1. The summed E-state index contributed by atoms with van der Waals surface area (Å²) in [6, 6.07) is 0.586. The van der Waals surface area contributed by atoms with Crippen molar-refractivity contribution >= 4 is 23.1 Å². The molecule has 1 aromatic rings. The molecule has 1 fully saturated rings. The highest BCUT2D eigenvalue weighted by molar-refractivity contribution is 8.00. The first-order valence-electron chi connectivity index (χ1n) is 4.13. The third kappa shape index (κ3) is 1.65. The zero-order valence-electron chi connectivity index (χ0n) is 7.04. The van der Waals surface area contributed by atoms with Crippen LogP contribution < -0.4 is 5.32 Å². The van der Waals surface area contributed by atoms with Gasteiger partial charge >= 0.3 is 0 Å².